The van der Waals surface area contributed by atoms with Gasteiger partial charge >= 0.3 is 5.97 Å². The summed E-state index contributed by atoms with van der Waals surface area (Å²) in [6.45, 7) is 1.38. The number of ether oxygens (including phenoxy) is 2. The molecule has 3 fully saturated rings. The molecule has 0 radical (unpaired) electrons. The van der Waals surface area contributed by atoms with Gasteiger partial charge in [0.2, 0.25) is 0 Å². The summed E-state index contributed by atoms with van der Waals surface area (Å²) in [4.78, 5) is 11.8. The molecule has 3 unspecified atom stereocenters. The van der Waals surface area contributed by atoms with Crippen molar-refractivity contribution in [3.05, 3.63) is 0 Å². The Morgan fingerprint density at radius 3 is 2.61 bits per heavy atom. The molecule has 2 saturated heterocycles. The van der Waals surface area contributed by atoms with Crippen LogP contribution in [0.3, 0.4) is 0 Å². The maximum Gasteiger partial charge on any atom is 0.312 e. The molecule has 2 heterocycles. The Balaban J connectivity index is 1.75. The van der Waals surface area contributed by atoms with E-state index in [1.807, 2.05) is 0 Å². The molecule has 0 aromatic rings. The predicted octanol–water partition coefficient (Wildman–Crippen LogP) is 2.22. The van der Waals surface area contributed by atoms with Crippen molar-refractivity contribution in [2.45, 2.75) is 57.2 Å². The average Bonchev–Trinajstić information content (AvgIpc) is 3.12. The van der Waals surface area contributed by atoms with Crippen LogP contribution in [0.2, 0.25) is 0 Å². The van der Waals surface area contributed by atoms with E-state index in [1.165, 1.54) is 0 Å². The van der Waals surface area contributed by atoms with Gasteiger partial charge in [-0.05, 0) is 50.9 Å². The summed E-state index contributed by atoms with van der Waals surface area (Å²) in [5, 5.41) is 9.71. The molecule has 0 amide bonds. The first-order valence-corrected chi connectivity index (χ1v) is 7.19. The number of carboxylic acids is 1. The van der Waals surface area contributed by atoms with Gasteiger partial charge < -0.3 is 14.6 Å². The van der Waals surface area contributed by atoms with E-state index in [0.717, 1.165) is 38.7 Å². The Morgan fingerprint density at radius 1 is 1.17 bits per heavy atom. The molecule has 0 aromatic carbocycles. The molecule has 0 bridgehead atoms. The minimum Gasteiger partial charge on any atom is -0.481 e. The molecular weight excluding hydrogens is 232 g/mol. The van der Waals surface area contributed by atoms with Gasteiger partial charge in [0.15, 0.2) is 0 Å². The van der Waals surface area contributed by atoms with Gasteiger partial charge in [0.05, 0.1) is 17.6 Å². The van der Waals surface area contributed by atoms with Crippen molar-refractivity contribution in [1.29, 1.82) is 0 Å². The van der Waals surface area contributed by atoms with Crippen LogP contribution in [0.15, 0.2) is 0 Å². The third-order valence-electron chi connectivity index (χ3n) is 4.73. The lowest BCUT2D eigenvalue weighted by atomic mass is 9.73. The third-order valence-corrected chi connectivity index (χ3v) is 4.73. The lowest BCUT2D eigenvalue weighted by Gasteiger charge is -2.34. The quantitative estimate of drug-likeness (QED) is 0.835. The largest absolute Gasteiger partial charge is 0.481 e. The van der Waals surface area contributed by atoms with E-state index in [-0.39, 0.29) is 12.2 Å². The molecule has 4 heteroatoms. The molecule has 1 N–H and O–H groups in total. The number of aliphatic carboxylic acids is 1. The minimum absolute atomic E-state index is 0.0690. The maximum absolute atomic E-state index is 11.8. The lowest BCUT2D eigenvalue weighted by Crippen LogP contribution is -2.44. The molecular formula is C14H22O4. The highest BCUT2D eigenvalue weighted by atomic mass is 16.5. The van der Waals surface area contributed by atoms with Crippen LogP contribution in [0, 0.1) is 11.3 Å². The van der Waals surface area contributed by atoms with Crippen molar-refractivity contribution in [2.75, 3.05) is 13.2 Å². The second-order valence-corrected chi connectivity index (χ2v) is 6.03. The van der Waals surface area contributed by atoms with Crippen LogP contribution >= 0.6 is 0 Å². The molecule has 3 rings (SSSR count). The van der Waals surface area contributed by atoms with Gasteiger partial charge in [0, 0.05) is 13.2 Å². The second-order valence-electron chi connectivity index (χ2n) is 6.03. The number of hydrogen-bond donors (Lipinski definition) is 1. The first-order valence-electron chi connectivity index (χ1n) is 7.19. The third kappa shape index (κ3) is 2.16. The van der Waals surface area contributed by atoms with E-state index in [2.05, 4.69) is 0 Å². The number of rotatable bonds is 4. The van der Waals surface area contributed by atoms with Gasteiger partial charge in [-0.1, -0.05) is 0 Å². The summed E-state index contributed by atoms with van der Waals surface area (Å²) in [6, 6.07) is 0. The first-order chi connectivity index (χ1) is 8.72. The zero-order chi connectivity index (χ0) is 12.6. The highest BCUT2D eigenvalue weighted by Crippen LogP contribution is 2.51. The van der Waals surface area contributed by atoms with Crippen LogP contribution in [0.1, 0.15) is 44.9 Å². The van der Waals surface area contributed by atoms with Crippen molar-refractivity contribution < 1.29 is 19.4 Å². The predicted molar refractivity (Wildman–Crippen MR) is 65.4 cm³/mol. The number of carbonyl (C=O) groups is 1. The summed E-state index contributed by atoms with van der Waals surface area (Å²) in [5.74, 6) is -0.196. The van der Waals surface area contributed by atoms with Crippen LogP contribution in [0.25, 0.3) is 0 Å². The molecule has 1 aliphatic carbocycles. The number of carboxylic acid groups (broad SMARTS) is 1. The molecule has 2 aliphatic heterocycles. The Bertz CT molecular complexity index is 320. The van der Waals surface area contributed by atoms with Crippen molar-refractivity contribution in [3.8, 4) is 0 Å². The lowest BCUT2D eigenvalue weighted by molar-refractivity contribution is -0.157. The van der Waals surface area contributed by atoms with Gasteiger partial charge in [0.1, 0.15) is 0 Å². The molecule has 18 heavy (non-hydrogen) atoms. The fraction of sp³-hybridized carbons (Fsp3) is 0.929. The van der Waals surface area contributed by atoms with Crippen LogP contribution in [-0.2, 0) is 14.3 Å². The number of hydrogen-bond acceptors (Lipinski definition) is 3. The van der Waals surface area contributed by atoms with Crippen LogP contribution in [0.4, 0.5) is 0 Å². The van der Waals surface area contributed by atoms with Crippen molar-refractivity contribution >= 4 is 5.97 Å². The maximum atomic E-state index is 11.8. The van der Waals surface area contributed by atoms with Gasteiger partial charge in [0.25, 0.3) is 0 Å². The summed E-state index contributed by atoms with van der Waals surface area (Å²) in [6.07, 6.45) is 6.89. The van der Waals surface area contributed by atoms with Crippen molar-refractivity contribution in [2.24, 2.45) is 11.3 Å². The fourth-order valence-electron chi connectivity index (χ4n) is 3.56. The van der Waals surface area contributed by atoms with Gasteiger partial charge in [-0.15, -0.1) is 0 Å². The topological polar surface area (TPSA) is 55.8 Å². The van der Waals surface area contributed by atoms with Crippen LogP contribution < -0.4 is 0 Å². The van der Waals surface area contributed by atoms with E-state index in [4.69, 9.17) is 9.47 Å². The molecule has 3 atom stereocenters. The zero-order valence-electron chi connectivity index (χ0n) is 10.8. The molecule has 3 aliphatic rings. The smallest absolute Gasteiger partial charge is 0.312 e. The molecule has 0 spiro atoms. The SMILES string of the molecule is O=C(O)C1(CC2CCCCO2)CCOC1C1CC1. The van der Waals surface area contributed by atoms with Gasteiger partial charge in [-0.3, -0.25) is 4.79 Å². The molecule has 102 valence electrons. The van der Waals surface area contributed by atoms with Crippen LogP contribution in [-0.4, -0.2) is 36.5 Å². The summed E-state index contributed by atoms with van der Waals surface area (Å²) < 4.78 is 11.5. The standard InChI is InChI=1S/C14H22O4/c15-13(16)14(9-11-3-1-2-7-17-11)6-8-18-12(14)10-4-5-10/h10-12H,1-9H2,(H,15,16). The zero-order valence-corrected chi connectivity index (χ0v) is 10.8. The van der Waals surface area contributed by atoms with E-state index in [9.17, 15) is 9.90 Å². The summed E-state index contributed by atoms with van der Waals surface area (Å²) in [5.41, 5.74) is -0.677. The molecule has 4 nitrogen and oxygen atoms in total. The monoisotopic (exact) mass is 254 g/mol. The van der Waals surface area contributed by atoms with Crippen molar-refractivity contribution in [1.82, 2.24) is 0 Å². The fourth-order valence-corrected chi connectivity index (χ4v) is 3.56. The highest BCUT2D eigenvalue weighted by Gasteiger charge is 2.56. The van der Waals surface area contributed by atoms with Crippen LogP contribution in [0.5, 0.6) is 0 Å². The van der Waals surface area contributed by atoms with E-state index in [1.54, 1.807) is 0 Å². The Kier molecular flexibility index (Phi) is 3.32. The van der Waals surface area contributed by atoms with E-state index < -0.39 is 11.4 Å². The van der Waals surface area contributed by atoms with E-state index >= 15 is 0 Å². The summed E-state index contributed by atoms with van der Waals surface area (Å²) in [7, 11) is 0. The minimum atomic E-state index is -0.677. The van der Waals surface area contributed by atoms with Crippen molar-refractivity contribution in [3.63, 3.8) is 0 Å². The Labute approximate surface area is 108 Å². The second kappa shape index (κ2) is 4.82. The average molecular weight is 254 g/mol. The Morgan fingerprint density at radius 2 is 2.00 bits per heavy atom. The highest BCUT2D eigenvalue weighted by molar-refractivity contribution is 5.76. The van der Waals surface area contributed by atoms with Gasteiger partial charge in [-0.2, -0.15) is 0 Å². The Hall–Kier alpha value is -0.610. The normalized spacial score (nSPS) is 40.9. The molecule has 0 aromatic heterocycles. The van der Waals surface area contributed by atoms with E-state index in [0.29, 0.717) is 25.4 Å². The first kappa shape index (κ1) is 12.4. The van der Waals surface area contributed by atoms with Gasteiger partial charge in [-0.25, -0.2) is 0 Å². The molecule has 1 saturated carbocycles. The summed E-state index contributed by atoms with van der Waals surface area (Å²) >= 11 is 0.